The van der Waals surface area contributed by atoms with Crippen LogP contribution in [-0.4, -0.2) is 42.8 Å². The Bertz CT molecular complexity index is 366. The Balaban J connectivity index is 2.40. The van der Waals surface area contributed by atoms with Crippen molar-refractivity contribution in [3.8, 4) is 0 Å². The van der Waals surface area contributed by atoms with Crippen molar-refractivity contribution in [2.24, 2.45) is 5.73 Å². The van der Waals surface area contributed by atoms with Crippen molar-refractivity contribution in [2.45, 2.75) is 32.8 Å². The summed E-state index contributed by atoms with van der Waals surface area (Å²) in [5.41, 5.74) is 9.48. The summed E-state index contributed by atoms with van der Waals surface area (Å²) >= 11 is 0. The highest BCUT2D eigenvalue weighted by atomic mass is 16.3. The third-order valence-electron chi connectivity index (χ3n) is 3.28. The first-order valence-electron chi connectivity index (χ1n) is 6.65. The summed E-state index contributed by atoms with van der Waals surface area (Å²) in [5.74, 6) is 0. The molecule has 1 aromatic rings. The van der Waals surface area contributed by atoms with Crippen LogP contribution in [0.15, 0.2) is 18.2 Å². The number of hydrogen-bond acceptors (Lipinski definition) is 3. The Kier molecular flexibility index (Phi) is 6.33. The van der Waals surface area contributed by atoms with E-state index in [1.807, 2.05) is 7.05 Å². The molecule has 0 radical (unpaired) electrons. The average Bonchev–Trinajstić information content (AvgIpc) is 2.28. The topological polar surface area (TPSA) is 49.5 Å². The van der Waals surface area contributed by atoms with Crippen molar-refractivity contribution in [2.75, 3.05) is 26.7 Å². The molecule has 0 aliphatic carbocycles. The van der Waals surface area contributed by atoms with Crippen LogP contribution in [0.1, 0.15) is 23.1 Å². The standard InChI is InChI=1S/C15H26N2O/c1-12-4-5-14(13(2)10-12)7-9-17(3)11-15(18)6-8-16/h4-5,10,15,18H,6-9,11,16H2,1-3H3. The molecule has 3 N–H and O–H groups in total. The van der Waals surface area contributed by atoms with Crippen molar-refractivity contribution in [3.05, 3.63) is 34.9 Å². The van der Waals surface area contributed by atoms with Crippen LogP contribution in [-0.2, 0) is 6.42 Å². The number of benzene rings is 1. The second kappa shape index (κ2) is 7.52. The van der Waals surface area contributed by atoms with Gasteiger partial charge in [-0.3, -0.25) is 0 Å². The Labute approximate surface area is 111 Å². The van der Waals surface area contributed by atoms with Gasteiger partial charge in [-0.25, -0.2) is 0 Å². The molecule has 3 heteroatoms. The maximum absolute atomic E-state index is 9.69. The molecule has 3 nitrogen and oxygen atoms in total. The van der Waals surface area contributed by atoms with Crippen LogP contribution in [0.3, 0.4) is 0 Å². The third kappa shape index (κ3) is 5.17. The zero-order valence-corrected chi connectivity index (χ0v) is 11.8. The molecule has 0 fully saturated rings. The number of aliphatic hydroxyl groups excluding tert-OH is 1. The van der Waals surface area contributed by atoms with Gasteiger partial charge in [-0.1, -0.05) is 23.8 Å². The van der Waals surface area contributed by atoms with Crippen molar-refractivity contribution in [1.29, 1.82) is 0 Å². The number of nitrogens with two attached hydrogens (primary N) is 1. The van der Waals surface area contributed by atoms with E-state index in [9.17, 15) is 5.11 Å². The van der Waals surface area contributed by atoms with Crippen LogP contribution in [0, 0.1) is 13.8 Å². The SMILES string of the molecule is Cc1ccc(CCN(C)CC(O)CCN)c(C)c1. The van der Waals surface area contributed by atoms with Crippen LogP contribution >= 0.6 is 0 Å². The van der Waals surface area contributed by atoms with Gasteiger partial charge in [0.15, 0.2) is 0 Å². The van der Waals surface area contributed by atoms with Gasteiger partial charge in [0, 0.05) is 13.1 Å². The molecule has 18 heavy (non-hydrogen) atoms. The van der Waals surface area contributed by atoms with E-state index in [0.717, 1.165) is 13.0 Å². The second-order valence-electron chi connectivity index (χ2n) is 5.17. The number of aliphatic hydroxyl groups is 1. The summed E-state index contributed by atoms with van der Waals surface area (Å²) in [4.78, 5) is 2.17. The predicted molar refractivity (Wildman–Crippen MR) is 76.8 cm³/mol. The first-order valence-corrected chi connectivity index (χ1v) is 6.65. The maximum Gasteiger partial charge on any atom is 0.0679 e. The van der Waals surface area contributed by atoms with Crippen molar-refractivity contribution in [1.82, 2.24) is 4.90 Å². The molecule has 0 spiro atoms. The Morgan fingerprint density at radius 3 is 2.67 bits per heavy atom. The summed E-state index contributed by atoms with van der Waals surface area (Å²) in [6, 6.07) is 6.58. The van der Waals surface area contributed by atoms with Gasteiger partial charge >= 0.3 is 0 Å². The summed E-state index contributed by atoms with van der Waals surface area (Å²) in [6.07, 6.45) is 1.39. The van der Waals surface area contributed by atoms with Gasteiger partial charge in [0.1, 0.15) is 0 Å². The molecule has 0 bridgehead atoms. The van der Waals surface area contributed by atoms with Gasteiger partial charge in [-0.2, -0.15) is 0 Å². The van der Waals surface area contributed by atoms with Gasteiger partial charge in [0.25, 0.3) is 0 Å². The minimum Gasteiger partial charge on any atom is -0.392 e. The zero-order chi connectivity index (χ0) is 13.5. The molecule has 0 amide bonds. The molecule has 0 saturated heterocycles. The van der Waals surface area contributed by atoms with E-state index >= 15 is 0 Å². The summed E-state index contributed by atoms with van der Waals surface area (Å²) in [6.45, 7) is 6.48. The van der Waals surface area contributed by atoms with Crippen LogP contribution < -0.4 is 5.73 Å². The first-order chi connectivity index (χ1) is 8.52. The minimum atomic E-state index is -0.306. The zero-order valence-electron chi connectivity index (χ0n) is 11.8. The van der Waals surface area contributed by atoms with Crippen LogP contribution in [0.2, 0.25) is 0 Å². The fourth-order valence-corrected chi connectivity index (χ4v) is 2.17. The predicted octanol–water partition coefficient (Wildman–Crippen LogP) is 1.49. The molecule has 1 atom stereocenters. The first kappa shape index (κ1) is 15.2. The van der Waals surface area contributed by atoms with Gasteiger partial charge < -0.3 is 15.7 Å². The van der Waals surface area contributed by atoms with Crippen molar-refractivity contribution < 1.29 is 5.11 Å². The molecule has 1 unspecified atom stereocenters. The van der Waals surface area contributed by atoms with E-state index in [1.54, 1.807) is 0 Å². The highest BCUT2D eigenvalue weighted by Crippen LogP contribution is 2.11. The highest BCUT2D eigenvalue weighted by molar-refractivity contribution is 5.30. The number of aryl methyl sites for hydroxylation is 2. The Morgan fingerprint density at radius 2 is 2.06 bits per heavy atom. The molecular weight excluding hydrogens is 224 g/mol. The normalized spacial score (nSPS) is 13.0. The fraction of sp³-hybridized carbons (Fsp3) is 0.600. The van der Waals surface area contributed by atoms with Gasteiger partial charge in [0.2, 0.25) is 0 Å². The van der Waals surface area contributed by atoms with E-state index in [4.69, 9.17) is 5.73 Å². The van der Waals surface area contributed by atoms with Gasteiger partial charge in [-0.05, 0) is 51.4 Å². The van der Waals surface area contributed by atoms with Crippen LogP contribution in [0.25, 0.3) is 0 Å². The Morgan fingerprint density at radius 1 is 1.33 bits per heavy atom. The number of nitrogens with zero attached hydrogens (tertiary/aromatic N) is 1. The lowest BCUT2D eigenvalue weighted by Gasteiger charge is -2.20. The monoisotopic (exact) mass is 250 g/mol. The lowest BCUT2D eigenvalue weighted by molar-refractivity contribution is 0.120. The third-order valence-corrected chi connectivity index (χ3v) is 3.28. The fourth-order valence-electron chi connectivity index (χ4n) is 2.17. The minimum absolute atomic E-state index is 0.306. The summed E-state index contributed by atoms with van der Waals surface area (Å²) in [5, 5.41) is 9.69. The maximum atomic E-state index is 9.69. The van der Waals surface area contributed by atoms with Crippen molar-refractivity contribution in [3.63, 3.8) is 0 Å². The largest absolute Gasteiger partial charge is 0.392 e. The molecule has 1 aromatic carbocycles. The van der Waals surface area contributed by atoms with Crippen molar-refractivity contribution >= 4 is 0 Å². The number of likely N-dealkylation sites (N-methyl/N-ethyl adjacent to an activating group) is 1. The molecule has 102 valence electrons. The van der Waals surface area contributed by atoms with E-state index in [0.29, 0.717) is 19.5 Å². The molecule has 0 aliphatic heterocycles. The molecular formula is C15H26N2O. The van der Waals surface area contributed by atoms with Gasteiger partial charge in [-0.15, -0.1) is 0 Å². The van der Waals surface area contributed by atoms with E-state index in [-0.39, 0.29) is 6.10 Å². The van der Waals surface area contributed by atoms with E-state index < -0.39 is 0 Å². The number of rotatable bonds is 7. The molecule has 0 aromatic heterocycles. The lowest BCUT2D eigenvalue weighted by Crippen LogP contribution is -2.32. The Hall–Kier alpha value is -0.900. The van der Waals surface area contributed by atoms with E-state index in [2.05, 4.69) is 36.9 Å². The highest BCUT2D eigenvalue weighted by Gasteiger charge is 2.07. The lowest BCUT2D eigenvalue weighted by atomic mass is 10.0. The quantitative estimate of drug-likeness (QED) is 0.771. The number of hydrogen-bond donors (Lipinski definition) is 2. The van der Waals surface area contributed by atoms with Gasteiger partial charge in [0.05, 0.1) is 6.10 Å². The summed E-state index contributed by atoms with van der Waals surface area (Å²) < 4.78 is 0. The molecule has 0 saturated carbocycles. The van der Waals surface area contributed by atoms with Crippen LogP contribution in [0.4, 0.5) is 0 Å². The second-order valence-corrected chi connectivity index (χ2v) is 5.17. The van der Waals surface area contributed by atoms with Crippen LogP contribution in [0.5, 0.6) is 0 Å². The molecule has 0 aliphatic rings. The average molecular weight is 250 g/mol. The summed E-state index contributed by atoms with van der Waals surface area (Å²) in [7, 11) is 2.04. The molecule has 0 heterocycles. The smallest absolute Gasteiger partial charge is 0.0679 e. The van der Waals surface area contributed by atoms with E-state index in [1.165, 1.54) is 16.7 Å². The molecule has 1 rings (SSSR count).